The maximum absolute atomic E-state index is 8.97. The molecule has 0 saturated heterocycles. The minimum Gasteiger partial charge on any atom is -0.395 e. The highest BCUT2D eigenvalue weighted by Crippen LogP contribution is 2.63. The Morgan fingerprint density at radius 1 is 1.36 bits per heavy atom. The van der Waals surface area contributed by atoms with Crippen molar-refractivity contribution in [2.75, 3.05) is 6.61 Å². The van der Waals surface area contributed by atoms with E-state index in [4.69, 9.17) is 10.4 Å². The van der Waals surface area contributed by atoms with E-state index in [1.165, 1.54) is 19.3 Å². The predicted molar refractivity (Wildman–Crippen MR) is 40.6 cm³/mol. The summed E-state index contributed by atoms with van der Waals surface area (Å²) in [5.74, 6) is 0. The minimum atomic E-state index is -0.347. The number of aliphatic hydroxyl groups excluding tert-OH is 1. The van der Waals surface area contributed by atoms with Crippen molar-refractivity contribution in [2.24, 2.45) is 10.8 Å². The molecule has 0 heterocycles. The number of nitriles is 1. The largest absolute Gasteiger partial charge is 0.395 e. The Kier molecular flexibility index (Phi) is 1.28. The topological polar surface area (TPSA) is 44.0 Å². The summed E-state index contributed by atoms with van der Waals surface area (Å²) in [6.45, 7) is 0.0608. The third kappa shape index (κ3) is 0.810. The number of nitrogens with zero attached hydrogens (tertiary/aromatic N) is 1. The number of hydrogen-bond acceptors (Lipinski definition) is 2. The molecule has 2 fully saturated rings. The molecule has 1 spiro atoms. The van der Waals surface area contributed by atoms with Crippen LogP contribution in [0.4, 0.5) is 0 Å². The molecule has 0 aromatic heterocycles. The summed E-state index contributed by atoms with van der Waals surface area (Å²) in [5, 5.41) is 17.7. The highest BCUT2D eigenvalue weighted by molar-refractivity contribution is 5.15. The van der Waals surface area contributed by atoms with E-state index in [1.807, 2.05) is 0 Å². The van der Waals surface area contributed by atoms with Gasteiger partial charge >= 0.3 is 0 Å². The summed E-state index contributed by atoms with van der Waals surface area (Å²) in [7, 11) is 0. The molecule has 2 nitrogen and oxygen atoms in total. The van der Waals surface area contributed by atoms with Crippen LogP contribution in [-0.2, 0) is 0 Å². The van der Waals surface area contributed by atoms with Crippen LogP contribution >= 0.6 is 0 Å². The van der Waals surface area contributed by atoms with E-state index in [2.05, 4.69) is 6.07 Å². The Hall–Kier alpha value is -0.550. The summed E-state index contributed by atoms with van der Waals surface area (Å²) in [5.41, 5.74) is 0.152. The molecule has 0 aliphatic heterocycles. The molecule has 60 valence electrons. The van der Waals surface area contributed by atoms with Gasteiger partial charge in [-0.2, -0.15) is 5.26 Å². The zero-order valence-corrected chi connectivity index (χ0v) is 6.64. The molecule has 0 radical (unpaired) electrons. The summed E-state index contributed by atoms with van der Waals surface area (Å²) in [6.07, 6.45) is 5.81. The monoisotopic (exact) mass is 151 g/mol. The zero-order valence-electron chi connectivity index (χ0n) is 6.64. The lowest BCUT2D eigenvalue weighted by molar-refractivity contribution is -0.0874. The first-order valence-electron chi connectivity index (χ1n) is 4.26. The van der Waals surface area contributed by atoms with Gasteiger partial charge in [-0.25, -0.2) is 0 Å². The van der Waals surface area contributed by atoms with Crippen LogP contribution in [0.15, 0.2) is 0 Å². The van der Waals surface area contributed by atoms with E-state index < -0.39 is 0 Å². The molecule has 11 heavy (non-hydrogen) atoms. The van der Waals surface area contributed by atoms with Crippen LogP contribution in [0.2, 0.25) is 0 Å². The molecular formula is C9H13NO. The quantitative estimate of drug-likeness (QED) is 0.616. The van der Waals surface area contributed by atoms with Gasteiger partial charge in [0, 0.05) is 0 Å². The van der Waals surface area contributed by atoms with Gasteiger partial charge in [-0.1, -0.05) is 6.42 Å². The average Bonchev–Trinajstić information content (AvgIpc) is 1.85. The van der Waals surface area contributed by atoms with Gasteiger partial charge in [0.15, 0.2) is 0 Å². The SMILES string of the molecule is N#CC1(CO)CC2(CCC2)C1. The van der Waals surface area contributed by atoms with Crippen molar-refractivity contribution >= 4 is 0 Å². The molecule has 0 aromatic rings. The fourth-order valence-electron chi connectivity index (χ4n) is 2.64. The van der Waals surface area contributed by atoms with Gasteiger partial charge < -0.3 is 5.11 Å². The average molecular weight is 151 g/mol. The molecule has 2 heteroatoms. The Bertz CT molecular complexity index is 204. The van der Waals surface area contributed by atoms with Gasteiger partial charge in [-0.05, 0) is 31.1 Å². The highest BCUT2D eigenvalue weighted by Gasteiger charge is 2.57. The van der Waals surface area contributed by atoms with Crippen LogP contribution in [0.25, 0.3) is 0 Å². The lowest BCUT2D eigenvalue weighted by Crippen LogP contribution is -2.51. The maximum Gasteiger partial charge on any atom is 0.0814 e. The summed E-state index contributed by atoms with van der Waals surface area (Å²) >= 11 is 0. The van der Waals surface area contributed by atoms with Gasteiger partial charge in [0.1, 0.15) is 0 Å². The first-order valence-corrected chi connectivity index (χ1v) is 4.26. The molecule has 1 N–H and O–H groups in total. The molecule has 2 rings (SSSR count). The Morgan fingerprint density at radius 3 is 2.27 bits per heavy atom. The lowest BCUT2D eigenvalue weighted by Gasteiger charge is -2.57. The van der Waals surface area contributed by atoms with Gasteiger partial charge in [0.05, 0.1) is 18.1 Å². The van der Waals surface area contributed by atoms with Crippen LogP contribution in [0.5, 0.6) is 0 Å². The first kappa shape index (κ1) is 7.12. The second kappa shape index (κ2) is 1.98. The van der Waals surface area contributed by atoms with Crippen LogP contribution in [0.1, 0.15) is 32.1 Å². The van der Waals surface area contributed by atoms with E-state index >= 15 is 0 Å². The molecule has 2 saturated carbocycles. The highest BCUT2D eigenvalue weighted by atomic mass is 16.3. The number of hydrogen-bond donors (Lipinski definition) is 1. The minimum absolute atomic E-state index is 0.0608. The molecule has 0 aromatic carbocycles. The molecule has 2 aliphatic carbocycles. The van der Waals surface area contributed by atoms with E-state index in [0.29, 0.717) is 5.41 Å². The van der Waals surface area contributed by atoms with Gasteiger partial charge in [-0.3, -0.25) is 0 Å². The molecule has 0 amide bonds. The molecule has 0 atom stereocenters. The van der Waals surface area contributed by atoms with Crippen LogP contribution in [0, 0.1) is 22.2 Å². The number of aliphatic hydroxyl groups is 1. The van der Waals surface area contributed by atoms with Crippen LogP contribution < -0.4 is 0 Å². The predicted octanol–water partition coefficient (Wildman–Crippen LogP) is 1.45. The van der Waals surface area contributed by atoms with Crippen molar-refractivity contribution in [3.05, 3.63) is 0 Å². The molecular weight excluding hydrogens is 138 g/mol. The van der Waals surface area contributed by atoms with Crippen molar-refractivity contribution in [3.63, 3.8) is 0 Å². The maximum atomic E-state index is 8.97. The second-order valence-electron chi connectivity index (χ2n) is 4.26. The van der Waals surface area contributed by atoms with Gasteiger partial charge in [0.25, 0.3) is 0 Å². The molecule has 2 aliphatic rings. The van der Waals surface area contributed by atoms with Gasteiger partial charge in [0.2, 0.25) is 0 Å². The normalized spacial score (nSPS) is 30.2. The molecule has 0 bridgehead atoms. The second-order valence-corrected chi connectivity index (χ2v) is 4.26. The van der Waals surface area contributed by atoms with Crippen LogP contribution in [0.3, 0.4) is 0 Å². The third-order valence-corrected chi connectivity index (χ3v) is 3.38. The van der Waals surface area contributed by atoms with Crippen LogP contribution in [-0.4, -0.2) is 11.7 Å². The summed E-state index contributed by atoms with van der Waals surface area (Å²) in [4.78, 5) is 0. The Balaban J connectivity index is 2.00. The Labute approximate surface area is 66.8 Å². The first-order chi connectivity index (χ1) is 5.24. The summed E-state index contributed by atoms with van der Waals surface area (Å²) in [6, 6.07) is 2.24. The van der Waals surface area contributed by atoms with E-state index in [-0.39, 0.29) is 12.0 Å². The smallest absolute Gasteiger partial charge is 0.0814 e. The Morgan fingerprint density at radius 2 is 2.00 bits per heavy atom. The third-order valence-electron chi connectivity index (χ3n) is 3.38. The van der Waals surface area contributed by atoms with E-state index in [9.17, 15) is 0 Å². The molecule has 0 unspecified atom stereocenters. The van der Waals surface area contributed by atoms with Crippen molar-refractivity contribution in [2.45, 2.75) is 32.1 Å². The summed E-state index contributed by atoms with van der Waals surface area (Å²) < 4.78 is 0. The fourth-order valence-corrected chi connectivity index (χ4v) is 2.64. The lowest BCUT2D eigenvalue weighted by atomic mass is 9.46. The van der Waals surface area contributed by atoms with Crippen molar-refractivity contribution in [1.29, 1.82) is 5.26 Å². The van der Waals surface area contributed by atoms with Gasteiger partial charge in [-0.15, -0.1) is 0 Å². The van der Waals surface area contributed by atoms with Crippen molar-refractivity contribution in [1.82, 2.24) is 0 Å². The van der Waals surface area contributed by atoms with Crippen molar-refractivity contribution in [3.8, 4) is 6.07 Å². The van der Waals surface area contributed by atoms with Crippen molar-refractivity contribution < 1.29 is 5.11 Å². The zero-order chi connectivity index (χ0) is 7.95. The fraction of sp³-hybridized carbons (Fsp3) is 0.889. The van der Waals surface area contributed by atoms with E-state index in [1.54, 1.807) is 0 Å². The van der Waals surface area contributed by atoms with E-state index in [0.717, 1.165) is 12.8 Å². The standard InChI is InChI=1S/C9H13NO/c10-6-9(7-11)4-8(5-9)2-1-3-8/h11H,1-5,7H2. The number of rotatable bonds is 1.